The van der Waals surface area contributed by atoms with Gasteiger partial charge >= 0.3 is 110 Å². The maximum absolute atomic E-state index is 8.67. The minimum atomic E-state index is -2.61. The predicted molar refractivity (Wildman–Crippen MR) is 52.2 cm³/mol. The van der Waals surface area contributed by atoms with E-state index in [-0.39, 0.29) is 144 Å². The van der Waals surface area contributed by atoms with Crippen LogP contribution < -0.4 is 138 Å². The Labute approximate surface area is 220 Å². The first-order valence-corrected chi connectivity index (χ1v) is 4.48. The topological polar surface area (TPSA) is 193 Å². The zero-order chi connectivity index (χ0) is 13.1. The number of phenols is 2. The summed E-state index contributed by atoms with van der Waals surface area (Å²) in [4.78, 5) is 8.33. The van der Waals surface area contributed by atoms with Crippen molar-refractivity contribution in [2.75, 3.05) is 0 Å². The number of hydrogen-bond acceptors (Lipinski definition) is 6. The molecule has 0 saturated heterocycles. The molecule has 14 heteroatoms. The Balaban J connectivity index is -0.0000000271. The van der Waals surface area contributed by atoms with Gasteiger partial charge in [0.25, 0.3) is 11.4 Å². The molecule has 0 aliphatic heterocycles. The summed E-state index contributed by atoms with van der Waals surface area (Å²) in [6.45, 7) is 0. The van der Waals surface area contributed by atoms with E-state index in [4.69, 9.17) is 38.5 Å². The van der Waals surface area contributed by atoms with Crippen LogP contribution in [0.3, 0.4) is 0 Å². The Morgan fingerprint density at radius 3 is 1.14 bits per heavy atom. The second-order valence-electron chi connectivity index (χ2n) is 2.00. The van der Waals surface area contributed by atoms with E-state index in [1.807, 2.05) is 0 Å². The smallest absolute Gasteiger partial charge is 1.00 e. The summed E-state index contributed by atoms with van der Waals surface area (Å²) in [6, 6.07) is 5.70. The van der Waals surface area contributed by atoms with Crippen LogP contribution in [-0.4, -0.2) is 35.2 Å². The standard InChI is InChI=1S/C6H6O2.CH2O3.BrH.K.2Na.H2O3S.H2O/c7-5-1-2-6(8)4-3-5;2-1(3)4;;;;;1-4(2)3;/h1-4,7-8H;(H2,2,3,4);1H;;;;(H2,1,2,3);1H2/q;;;3*+1;;/p-3. The van der Waals surface area contributed by atoms with Crippen molar-refractivity contribution in [3.8, 4) is 11.5 Å². The largest absolute Gasteiger partial charge is 1.00 e. The molecule has 0 aliphatic rings. The van der Waals surface area contributed by atoms with Crippen molar-refractivity contribution in [1.82, 2.24) is 0 Å². The summed E-state index contributed by atoms with van der Waals surface area (Å²) in [5.74, 6) is 0.339. The van der Waals surface area contributed by atoms with Crippen LogP contribution in [0.25, 0.3) is 0 Å². The second kappa shape index (κ2) is 30.2. The summed E-state index contributed by atoms with van der Waals surface area (Å²) < 4.78 is 22.8. The van der Waals surface area contributed by atoms with Gasteiger partial charge in [0.15, 0.2) is 0 Å². The van der Waals surface area contributed by atoms with Crippen molar-refractivity contribution >= 4 is 17.5 Å². The summed E-state index contributed by atoms with van der Waals surface area (Å²) in [5.41, 5.74) is 0. The molecular weight excluding hydrogens is 425 g/mol. The third kappa shape index (κ3) is 60.8. The molecule has 0 radical (unpaired) electrons. The first kappa shape index (κ1) is 43.6. The third-order valence-corrected chi connectivity index (χ3v) is 0.850. The van der Waals surface area contributed by atoms with Gasteiger partial charge in [-0.25, -0.2) is 0 Å². The van der Waals surface area contributed by atoms with E-state index in [1.54, 1.807) is 0 Å². The molecule has 1 rings (SSSR count). The van der Waals surface area contributed by atoms with Crippen LogP contribution in [0.5, 0.6) is 11.5 Å². The Morgan fingerprint density at radius 1 is 0.952 bits per heavy atom. The second-order valence-corrected chi connectivity index (χ2v) is 2.46. The van der Waals surface area contributed by atoms with Gasteiger partial charge in [-0.2, -0.15) is 4.21 Å². The number of carboxylic acid groups (broad SMARTS) is 2. The van der Waals surface area contributed by atoms with Crippen LogP contribution in [0.1, 0.15) is 0 Å². The molecule has 0 aliphatic carbocycles. The van der Waals surface area contributed by atoms with E-state index < -0.39 is 17.5 Å². The van der Waals surface area contributed by atoms with Gasteiger partial charge in [-0.15, -0.1) is 0 Å². The fourth-order valence-corrected chi connectivity index (χ4v) is 0.453. The van der Waals surface area contributed by atoms with Gasteiger partial charge in [-0.1, -0.05) is 0 Å². The molecule has 0 amide bonds. The fraction of sp³-hybridized carbons (Fsp3) is 0. The summed E-state index contributed by atoms with van der Waals surface area (Å²) in [6.07, 6.45) is -2.33. The third-order valence-electron chi connectivity index (χ3n) is 0.850. The molecule has 0 fully saturated rings. The van der Waals surface area contributed by atoms with Crippen LogP contribution in [0.4, 0.5) is 4.79 Å². The molecule has 0 bridgehead atoms. The van der Waals surface area contributed by atoms with Gasteiger partial charge in [-0.05, 0) is 30.4 Å². The first-order chi connectivity index (χ1) is 7.25. The number of rotatable bonds is 0. The predicted octanol–water partition coefficient (Wildman–Crippen LogP) is -14.5. The summed E-state index contributed by atoms with van der Waals surface area (Å²) in [5, 5.41) is 34.0. The number of carbonyl (C=O) groups excluding carboxylic acids is 1. The normalized spacial score (nSPS) is 6.24. The number of hydrogen-bond donors (Lipinski definition) is 4. The van der Waals surface area contributed by atoms with Gasteiger partial charge in [-0.3, -0.25) is 9.11 Å². The monoisotopic (exact) mass is 434 g/mol. The molecule has 108 valence electrons. The van der Waals surface area contributed by atoms with E-state index >= 15 is 0 Å². The number of halogens is 1. The molecule has 0 atom stereocenters. The number of carbonyl (C=O) groups is 1. The van der Waals surface area contributed by atoms with Crippen molar-refractivity contribution in [3.05, 3.63) is 24.3 Å². The van der Waals surface area contributed by atoms with E-state index in [1.165, 1.54) is 24.3 Å². The Hall–Kier alpha value is 2.24. The van der Waals surface area contributed by atoms with E-state index in [0.29, 0.717) is 0 Å². The van der Waals surface area contributed by atoms with Crippen LogP contribution in [0.2, 0.25) is 0 Å². The molecule has 6 N–H and O–H groups in total. The van der Waals surface area contributed by atoms with Crippen molar-refractivity contribution in [1.29, 1.82) is 0 Å². The van der Waals surface area contributed by atoms with Gasteiger partial charge < -0.3 is 47.7 Å². The zero-order valence-electron chi connectivity index (χ0n) is 11.5. The Bertz CT molecular complexity index is 302. The van der Waals surface area contributed by atoms with E-state index in [0.717, 1.165) is 0 Å². The van der Waals surface area contributed by atoms with Crippen molar-refractivity contribution < 1.29 is 171 Å². The van der Waals surface area contributed by atoms with Crippen LogP contribution in [0.15, 0.2) is 24.3 Å². The quantitative estimate of drug-likeness (QED) is 0.175. The van der Waals surface area contributed by atoms with E-state index in [2.05, 4.69) is 0 Å². The van der Waals surface area contributed by atoms with Crippen LogP contribution in [-0.2, 0) is 11.4 Å². The summed E-state index contributed by atoms with van der Waals surface area (Å²) in [7, 11) is 0. The van der Waals surface area contributed by atoms with Crippen molar-refractivity contribution in [2.45, 2.75) is 0 Å². The Kier molecular flexibility index (Phi) is 62.6. The van der Waals surface area contributed by atoms with Crippen molar-refractivity contribution in [3.63, 3.8) is 0 Å². The summed E-state index contributed by atoms with van der Waals surface area (Å²) >= 11 is -2.61. The minimum Gasteiger partial charge on any atom is -1.00 e. The number of phenolic OH excluding ortho intramolecular Hbond substituents is 2. The molecule has 1 aromatic rings. The molecule has 21 heavy (non-hydrogen) atoms. The van der Waals surface area contributed by atoms with Crippen LogP contribution in [0, 0.1) is 0 Å². The molecule has 0 saturated carbocycles. The van der Waals surface area contributed by atoms with Gasteiger partial charge in [0.1, 0.15) is 11.5 Å². The average molecular weight is 435 g/mol. The molecule has 0 aromatic heterocycles. The zero-order valence-corrected chi connectivity index (χ0v) is 21.0. The molecule has 0 spiro atoms. The molecule has 0 unspecified atom stereocenters. The van der Waals surface area contributed by atoms with Gasteiger partial charge in [0.2, 0.25) is 0 Å². The molecule has 9 nitrogen and oxygen atoms in total. The Morgan fingerprint density at radius 2 is 1.05 bits per heavy atom. The maximum atomic E-state index is 8.67. The van der Waals surface area contributed by atoms with Gasteiger partial charge in [0, 0.05) is 0 Å². The van der Waals surface area contributed by atoms with Gasteiger partial charge in [0.05, 0.1) is 0 Å². The van der Waals surface area contributed by atoms with E-state index in [9.17, 15) is 0 Å². The number of benzene rings is 1. The molecule has 1 aromatic carbocycles. The maximum Gasteiger partial charge on any atom is 1.00 e. The SMILES string of the molecule is O.O=C([O-])[O-].O=S(O)O.Oc1ccc(O)cc1.[Br-].[K+].[Na+].[Na+]. The average Bonchev–Trinajstić information content (AvgIpc) is 2.08. The minimum absolute atomic E-state index is 0. The van der Waals surface area contributed by atoms with Crippen LogP contribution >= 0.6 is 0 Å². The number of aromatic hydroxyl groups is 2. The molecule has 0 heterocycles. The van der Waals surface area contributed by atoms with Crippen molar-refractivity contribution in [2.24, 2.45) is 0 Å². The fourth-order valence-electron chi connectivity index (χ4n) is 0.453. The molecular formula is C7H10BrKNa2O9S. The first-order valence-electron chi connectivity index (χ1n) is 3.41.